The Morgan fingerprint density at radius 2 is 1.63 bits per heavy atom. The van der Waals surface area contributed by atoms with E-state index in [4.69, 9.17) is 5.73 Å². The lowest BCUT2D eigenvalue weighted by molar-refractivity contribution is 0.100. The summed E-state index contributed by atoms with van der Waals surface area (Å²) in [5, 5.41) is 4.17. The molecule has 6 heteroatoms. The van der Waals surface area contributed by atoms with Crippen LogP contribution in [0.25, 0.3) is 15.9 Å². The van der Waals surface area contributed by atoms with Crippen molar-refractivity contribution in [3.05, 3.63) is 93.6 Å². The van der Waals surface area contributed by atoms with Crippen LogP contribution in [-0.4, -0.2) is 10.5 Å². The Kier molecular flexibility index (Phi) is 4.48. The molecule has 0 radical (unpaired) electrons. The van der Waals surface area contributed by atoms with Crippen LogP contribution in [0.1, 0.15) is 15.2 Å². The van der Waals surface area contributed by atoms with Crippen LogP contribution in [0.2, 0.25) is 0 Å². The first-order valence-electron chi connectivity index (χ1n) is 8.47. The first kappa shape index (κ1) is 17.1. The van der Waals surface area contributed by atoms with Gasteiger partial charge in [-0.2, -0.15) is 0 Å². The number of hydrogen-bond donors (Lipinski definition) is 2. The molecule has 0 spiro atoms. The second kappa shape index (κ2) is 7.09. The Morgan fingerprint density at radius 1 is 0.963 bits per heavy atom. The van der Waals surface area contributed by atoms with Gasteiger partial charge in [0, 0.05) is 29.2 Å². The van der Waals surface area contributed by atoms with Gasteiger partial charge in [-0.25, -0.2) is 0 Å². The number of carbonyl (C=O) groups excluding carboxylic acids is 1. The summed E-state index contributed by atoms with van der Waals surface area (Å²) >= 11 is 1.25. The molecule has 0 atom stereocenters. The smallest absolute Gasteiger partial charge is 0.259 e. The molecule has 0 aliphatic carbocycles. The summed E-state index contributed by atoms with van der Waals surface area (Å²) in [5.74, 6) is -0.492. The highest BCUT2D eigenvalue weighted by Gasteiger charge is 2.19. The highest BCUT2D eigenvalue weighted by atomic mass is 32.1. The van der Waals surface area contributed by atoms with Crippen LogP contribution in [0.4, 0.5) is 5.69 Å². The molecule has 0 saturated heterocycles. The van der Waals surface area contributed by atoms with E-state index in [2.05, 4.69) is 5.32 Å². The Morgan fingerprint density at radius 3 is 2.30 bits per heavy atom. The standard InChI is InChI=1S/C21H17N3O2S/c22-20(26)19-17(13-23-14-7-3-1-4-8-14)16-11-12-18(25)24(21(16)27-19)15-9-5-2-6-10-15/h1-12,23H,13H2,(H2,22,26). The highest BCUT2D eigenvalue weighted by Crippen LogP contribution is 2.32. The second-order valence-electron chi connectivity index (χ2n) is 6.05. The molecular weight excluding hydrogens is 358 g/mol. The average Bonchev–Trinajstić information content (AvgIpc) is 3.06. The zero-order chi connectivity index (χ0) is 18.8. The van der Waals surface area contributed by atoms with Gasteiger partial charge in [-0.05, 0) is 30.3 Å². The normalized spacial score (nSPS) is 10.8. The molecule has 2 heterocycles. The number of pyridine rings is 1. The molecule has 134 valence electrons. The van der Waals surface area contributed by atoms with E-state index in [1.807, 2.05) is 60.7 Å². The molecule has 0 saturated carbocycles. The predicted molar refractivity (Wildman–Crippen MR) is 110 cm³/mol. The number of thiophene rings is 1. The summed E-state index contributed by atoms with van der Waals surface area (Å²) in [4.78, 5) is 25.8. The van der Waals surface area contributed by atoms with E-state index in [0.29, 0.717) is 16.3 Å². The molecule has 1 amide bonds. The molecule has 2 aromatic carbocycles. The number of nitrogens with zero attached hydrogens (tertiary/aromatic N) is 1. The Bertz CT molecular complexity index is 1160. The summed E-state index contributed by atoms with van der Waals surface area (Å²) < 4.78 is 1.62. The number of aromatic nitrogens is 1. The average molecular weight is 375 g/mol. The van der Waals surface area contributed by atoms with Crippen molar-refractivity contribution in [2.75, 3.05) is 5.32 Å². The number of amides is 1. The van der Waals surface area contributed by atoms with E-state index in [1.54, 1.807) is 10.6 Å². The van der Waals surface area contributed by atoms with Gasteiger partial charge in [-0.1, -0.05) is 36.4 Å². The Balaban J connectivity index is 1.87. The maximum Gasteiger partial charge on any atom is 0.259 e. The fraction of sp³-hybridized carbons (Fsp3) is 0.0476. The fourth-order valence-electron chi connectivity index (χ4n) is 3.07. The van der Waals surface area contributed by atoms with Crippen LogP contribution in [-0.2, 0) is 6.54 Å². The van der Waals surface area contributed by atoms with Crippen LogP contribution in [0.15, 0.2) is 77.6 Å². The van der Waals surface area contributed by atoms with Crippen LogP contribution >= 0.6 is 11.3 Å². The summed E-state index contributed by atoms with van der Waals surface area (Å²) in [6.45, 7) is 0.440. The lowest BCUT2D eigenvalue weighted by Crippen LogP contribution is -2.16. The minimum Gasteiger partial charge on any atom is -0.381 e. The van der Waals surface area contributed by atoms with Crippen molar-refractivity contribution in [2.24, 2.45) is 5.73 Å². The summed E-state index contributed by atoms with van der Waals surface area (Å²) in [6, 6.07) is 22.4. The van der Waals surface area contributed by atoms with Crippen LogP contribution < -0.4 is 16.6 Å². The molecule has 4 aromatic rings. The predicted octanol–water partition coefficient (Wildman–Crippen LogP) is 3.76. The third-order valence-electron chi connectivity index (χ3n) is 4.33. The molecule has 27 heavy (non-hydrogen) atoms. The van der Waals surface area contributed by atoms with E-state index >= 15 is 0 Å². The molecule has 0 fully saturated rings. The number of primary amides is 1. The number of rotatable bonds is 5. The zero-order valence-electron chi connectivity index (χ0n) is 14.4. The molecule has 4 rings (SSSR count). The zero-order valence-corrected chi connectivity index (χ0v) is 15.2. The largest absolute Gasteiger partial charge is 0.381 e. The number of hydrogen-bond acceptors (Lipinski definition) is 4. The number of nitrogens with two attached hydrogens (primary N) is 1. The number of carbonyl (C=O) groups is 1. The molecule has 3 N–H and O–H groups in total. The van der Waals surface area contributed by atoms with E-state index in [1.165, 1.54) is 17.4 Å². The minimum atomic E-state index is -0.492. The van der Waals surface area contributed by atoms with Gasteiger partial charge in [0.05, 0.1) is 10.6 Å². The second-order valence-corrected chi connectivity index (χ2v) is 7.05. The SMILES string of the molecule is NC(=O)c1sc2c(ccc(=O)n2-c2ccccc2)c1CNc1ccccc1. The number of nitrogens with one attached hydrogen (secondary N) is 1. The molecule has 0 bridgehead atoms. The number of benzene rings is 2. The van der Waals surface area contributed by atoms with Crippen LogP contribution in [0.5, 0.6) is 0 Å². The summed E-state index contributed by atoms with van der Waals surface area (Å²) in [5.41, 5.74) is 7.99. The Hall–Kier alpha value is -3.38. The van der Waals surface area contributed by atoms with Crippen LogP contribution in [0.3, 0.4) is 0 Å². The fourth-order valence-corrected chi connectivity index (χ4v) is 4.26. The van der Waals surface area contributed by atoms with Crippen molar-refractivity contribution < 1.29 is 4.79 Å². The maximum atomic E-state index is 12.5. The lowest BCUT2D eigenvalue weighted by atomic mass is 10.1. The molecular formula is C21H17N3O2S. The monoisotopic (exact) mass is 375 g/mol. The van der Waals surface area contributed by atoms with Crippen molar-refractivity contribution in [1.29, 1.82) is 0 Å². The minimum absolute atomic E-state index is 0.145. The van der Waals surface area contributed by atoms with Gasteiger partial charge in [0.25, 0.3) is 11.5 Å². The molecule has 2 aromatic heterocycles. The van der Waals surface area contributed by atoms with Gasteiger partial charge in [-0.15, -0.1) is 11.3 Å². The van der Waals surface area contributed by atoms with E-state index in [9.17, 15) is 9.59 Å². The van der Waals surface area contributed by atoms with Crippen molar-refractivity contribution in [1.82, 2.24) is 4.57 Å². The topological polar surface area (TPSA) is 77.1 Å². The van der Waals surface area contributed by atoms with Gasteiger partial charge >= 0.3 is 0 Å². The highest BCUT2D eigenvalue weighted by molar-refractivity contribution is 7.20. The summed E-state index contributed by atoms with van der Waals surface area (Å²) in [6.07, 6.45) is 0. The van der Waals surface area contributed by atoms with Gasteiger partial charge < -0.3 is 11.1 Å². The van der Waals surface area contributed by atoms with Gasteiger partial charge in [0.1, 0.15) is 4.83 Å². The molecule has 5 nitrogen and oxygen atoms in total. The maximum absolute atomic E-state index is 12.5. The molecule has 0 unspecified atom stereocenters. The first-order valence-corrected chi connectivity index (χ1v) is 9.28. The van der Waals surface area contributed by atoms with Gasteiger partial charge in [-0.3, -0.25) is 14.2 Å². The van der Waals surface area contributed by atoms with Gasteiger partial charge in [0.15, 0.2) is 0 Å². The molecule has 0 aliphatic heterocycles. The van der Waals surface area contributed by atoms with E-state index in [0.717, 1.165) is 22.3 Å². The number of para-hydroxylation sites is 2. The number of fused-ring (bicyclic) bond motifs is 1. The summed E-state index contributed by atoms with van der Waals surface area (Å²) in [7, 11) is 0. The quantitative estimate of drug-likeness (QED) is 0.557. The number of anilines is 1. The first-order chi connectivity index (χ1) is 13.1. The van der Waals surface area contributed by atoms with E-state index < -0.39 is 5.91 Å². The van der Waals surface area contributed by atoms with Crippen molar-refractivity contribution >= 4 is 33.1 Å². The van der Waals surface area contributed by atoms with Crippen LogP contribution in [0, 0.1) is 0 Å². The van der Waals surface area contributed by atoms with Gasteiger partial charge in [0.2, 0.25) is 0 Å². The Labute approximate surface area is 159 Å². The third kappa shape index (κ3) is 3.22. The van der Waals surface area contributed by atoms with E-state index in [-0.39, 0.29) is 5.56 Å². The lowest BCUT2D eigenvalue weighted by Gasteiger charge is -2.09. The third-order valence-corrected chi connectivity index (χ3v) is 5.57. The van der Waals surface area contributed by atoms with Crippen molar-refractivity contribution in [2.45, 2.75) is 6.54 Å². The molecule has 0 aliphatic rings. The van der Waals surface area contributed by atoms with Crippen molar-refractivity contribution in [3.8, 4) is 5.69 Å². The van der Waals surface area contributed by atoms with Crippen molar-refractivity contribution in [3.63, 3.8) is 0 Å².